The molecule has 4 fully saturated rings. The lowest BCUT2D eigenvalue weighted by atomic mass is 9.75. The number of pyridine rings is 1. The van der Waals surface area contributed by atoms with E-state index >= 15 is 0 Å². The molecule has 126 valence electrons. The van der Waals surface area contributed by atoms with E-state index in [2.05, 4.69) is 4.98 Å². The molecule has 1 saturated heterocycles. The Balaban J connectivity index is 1.45. The number of aliphatic hydroxyl groups is 2. The minimum atomic E-state index is -0.443. The van der Waals surface area contributed by atoms with Crippen LogP contribution in [0.5, 0.6) is 0 Å². The summed E-state index contributed by atoms with van der Waals surface area (Å²) in [6.45, 7) is 0. The van der Waals surface area contributed by atoms with E-state index in [0.717, 1.165) is 18.4 Å². The van der Waals surface area contributed by atoms with Gasteiger partial charge in [-0.3, -0.25) is 4.79 Å². The Morgan fingerprint density at radius 2 is 2.08 bits per heavy atom. The molecule has 8 atom stereocenters. The predicted molar refractivity (Wildman–Crippen MR) is 87.9 cm³/mol. The van der Waals surface area contributed by atoms with Gasteiger partial charge in [-0.25, -0.2) is 4.98 Å². The molecule has 1 aliphatic heterocycles. The number of hydrogen-bond donors (Lipinski definition) is 2. The molecule has 24 heavy (non-hydrogen) atoms. The Labute approximate surface area is 144 Å². The van der Waals surface area contributed by atoms with Crippen LogP contribution < -0.4 is 0 Å². The summed E-state index contributed by atoms with van der Waals surface area (Å²) in [5.74, 6) is 1.02. The summed E-state index contributed by atoms with van der Waals surface area (Å²) in [5.41, 5.74) is 0.805. The molecule has 5 nitrogen and oxygen atoms in total. The molecule has 2 heterocycles. The van der Waals surface area contributed by atoms with Gasteiger partial charge in [0, 0.05) is 12.3 Å². The van der Waals surface area contributed by atoms with Crippen LogP contribution >= 0.6 is 11.6 Å². The minimum Gasteiger partial charge on any atom is -0.391 e. The van der Waals surface area contributed by atoms with E-state index in [1.54, 1.807) is 29.3 Å². The van der Waals surface area contributed by atoms with Crippen molar-refractivity contribution in [1.82, 2.24) is 9.88 Å². The smallest absolute Gasteiger partial charge is 0.247 e. The molecule has 6 heteroatoms. The van der Waals surface area contributed by atoms with Crippen molar-refractivity contribution in [2.24, 2.45) is 23.7 Å². The highest BCUT2D eigenvalue weighted by Crippen LogP contribution is 2.64. The maximum atomic E-state index is 12.9. The van der Waals surface area contributed by atoms with Crippen molar-refractivity contribution >= 4 is 23.6 Å². The first-order valence-electron chi connectivity index (χ1n) is 8.54. The molecule has 8 unspecified atom stereocenters. The number of carbonyl (C=O) groups is 1. The molecule has 2 N–H and O–H groups in total. The highest BCUT2D eigenvalue weighted by molar-refractivity contribution is 6.29. The molecular formula is C18H19ClN2O3. The molecule has 3 aliphatic carbocycles. The Hall–Kier alpha value is -1.43. The van der Waals surface area contributed by atoms with Crippen LogP contribution in [0, 0.1) is 23.7 Å². The fourth-order valence-electron chi connectivity index (χ4n) is 5.98. The van der Waals surface area contributed by atoms with E-state index in [1.807, 2.05) is 0 Å². The normalized spacial score (nSPS) is 44.9. The second-order valence-corrected chi connectivity index (χ2v) is 7.96. The lowest BCUT2D eigenvalue weighted by molar-refractivity contribution is -0.148. The molecule has 1 aromatic rings. The Morgan fingerprint density at radius 1 is 1.25 bits per heavy atom. The van der Waals surface area contributed by atoms with Gasteiger partial charge in [-0.15, -0.1) is 0 Å². The van der Waals surface area contributed by atoms with Crippen LogP contribution in [0.25, 0.3) is 6.08 Å². The predicted octanol–water partition coefficient (Wildman–Crippen LogP) is 1.34. The van der Waals surface area contributed by atoms with Crippen LogP contribution in [-0.2, 0) is 4.79 Å². The van der Waals surface area contributed by atoms with E-state index < -0.39 is 12.2 Å². The molecule has 0 radical (unpaired) electrons. The van der Waals surface area contributed by atoms with Crippen LogP contribution in [0.3, 0.4) is 0 Å². The number of aliphatic hydroxyl groups excluding tert-OH is 2. The van der Waals surface area contributed by atoms with Gasteiger partial charge < -0.3 is 15.1 Å². The van der Waals surface area contributed by atoms with Crippen LogP contribution in [0.1, 0.15) is 18.4 Å². The summed E-state index contributed by atoms with van der Waals surface area (Å²) in [6.07, 6.45) is 5.71. The van der Waals surface area contributed by atoms with Gasteiger partial charge in [0.2, 0.25) is 5.91 Å². The van der Waals surface area contributed by atoms with E-state index in [0.29, 0.717) is 11.1 Å². The number of halogens is 1. The van der Waals surface area contributed by atoms with Gasteiger partial charge in [0.05, 0.1) is 24.3 Å². The second-order valence-electron chi connectivity index (χ2n) is 7.57. The first-order valence-corrected chi connectivity index (χ1v) is 8.92. The van der Waals surface area contributed by atoms with Crippen molar-refractivity contribution in [2.45, 2.75) is 37.1 Å². The fraction of sp³-hybridized carbons (Fsp3) is 0.556. The molecular weight excluding hydrogens is 328 g/mol. The monoisotopic (exact) mass is 346 g/mol. The number of amides is 1. The van der Waals surface area contributed by atoms with Crippen molar-refractivity contribution in [1.29, 1.82) is 0 Å². The molecule has 0 spiro atoms. The van der Waals surface area contributed by atoms with Crippen LogP contribution in [0.4, 0.5) is 0 Å². The maximum absolute atomic E-state index is 12.9. The molecule has 1 aromatic heterocycles. The van der Waals surface area contributed by atoms with Crippen molar-refractivity contribution in [3.05, 3.63) is 35.1 Å². The summed E-state index contributed by atoms with van der Waals surface area (Å²) in [6, 6.07) is 3.19. The average molecular weight is 347 g/mol. The molecule has 1 amide bonds. The Bertz CT molecular complexity index is 739. The molecule has 5 rings (SSSR count). The Kier molecular flexibility index (Phi) is 3.12. The first kappa shape index (κ1) is 14.9. The maximum Gasteiger partial charge on any atom is 0.247 e. The van der Waals surface area contributed by atoms with Crippen molar-refractivity contribution in [2.75, 3.05) is 0 Å². The van der Waals surface area contributed by atoms with Gasteiger partial charge in [-0.05, 0) is 60.3 Å². The average Bonchev–Trinajstić information content (AvgIpc) is 3.12. The largest absolute Gasteiger partial charge is 0.391 e. The van der Waals surface area contributed by atoms with Gasteiger partial charge in [0.25, 0.3) is 0 Å². The summed E-state index contributed by atoms with van der Waals surface area (Å²) in [5, 5.41) is 21.6. The lowest BCUT2D eigenvalue weighted by Gasteiger charge is -2.47. The standard InChI is InChI=1S/C18H19ClN2O3/c19-13-5-8(3-4-20-13)1-2-14(22)21-12-7-9-10-6-11(15(9)18(12)24)16(21)17(10)23/h1-5,9-12,15-18,23-24H,6-7H2/b2-1+. The number of likely N-dealkylation sites (tertiary alicyclic amines) is 1. The number of hydrogen-bond acceptors (Lipinski definition) is 4. The van der Waals surface area contributed by atoms with Gasteiger partial charge in [-0.2, -0.15) is 0 Å². The minimum absolute atomic E-state index is 0.134. The lowest BCUT2D eigenvalue weighted by Crippen LogP contribution is -2.62. The number of fused-ring (bicyclic) bond motifs is 3. The van der Waals surface area contributed by atoms with Crippen LogP contribution in [0.15, 0.2) is 24.4 Å². The quantitative estimate of drug-likeness (QED) is 0.626. The fourth-order valence-corrected chi connectivity index (χ4v) is 6.17. The van der Waals surface area contributed by atoms with Gasteiger partial charge >= 0.3 is 0 Å². The molecule has 4 aliphatic rings. The van der Waals surface area contributed by atoms with E-state index in [-0.39, 0.29) is 35.7 Å². The third kappa shape index (κ3) is 1.83. The number of nitrogens with zero attached hydrogens (tertiary/aromatic N) is 2. The van der Waals surface area contributed by atoms with Crippen LogP contribution in [-0.4, -0.2) is 50.3 Å². The van der Waals surface area contributed by atoms with Gasteiger partial charge in [-0.1, -0.05) is 11.6 Å². The number of aromatic nitrogens is 1. The topological polar surface area (TPSA) is 73.7 Å². The molecule has 3 saturated carbocycles. The molecule has 4 bridgehead atoms. The summed E-state index contributed by atoms with van der Waals surface area (Å²) < 4.78 is 0. The highest BCUT2D eigenvalue weighted by atomic mass is 35.5. The zero-order valence-corrected chi connectivity index (χ0v) is 13.8. The van der Waals surface area contributed by atoms with Crippen molar-refractivity contribution < 1.29 is 15.0 Å². The SMILES string of the molecule is O=C(/C=C/c1ccnc(Cl)c1)N1C2CC3C4CC(C3C2O)C1C4O. The highest BCUT2D eigenvalue weighted by Gasteiger charge is 2.70. The molecule has 0 aromatic carbocycles. The van der Waals surface area contributed by atoms with Crippen LogP contribution in [0.2, 0.25) is 5.15 Å². The number of rotatable bonds is 2. The Morgan fingerprint density at radius 3 is 2.88 bits per heavy atom. The van der Waals surface area contributed by atoms with Crippen molar-refractivity contribution in [3.63, 3.8) is 0 Å². The summed E-state index contributed by atoms with van der Waals surface area (Å²) in [4.78, 5) is 18.5. The first-order chi connectivity index (χ1) is 11.6. The second kappa shape index (κ2) is 5.04. The third-order valence-corrected chi connectivity index (χ3v) is 6.92. The zero-order valence-electron chi connectivity index (χ0n) is 13.0. The van der Waals surface area contributed by atoms with E-state index in [4.69, 9.17) is 11.6 Å². The zero-order chi connectivity index (χ0) is 16.6. The van der Waals surface area contributed by atoms with Crippen molar-refractivity contribution in [3.8, 4) is 0 Å². The van der Waals surface area contributed by atoms with E-state index in [1.165, 1.54) is 6.08 Å². The number of piperidine rings is 1. The van der Waals surface area contributed by atoms with E-state index in [9.17, 15) is 15.0 Å². The van der Waals surface area contributed by atoms with Gasteiger partial charge in [0.1, 0.15) is 5.15 Å². The number of carbonyl (C=O) groups excluding carboxylic acids is 1. The van der Waals surface area contributed by atoms with Gasteiger partial charge in [0.15, 0.2) is 0 Å². The summed E-state index contributed by atoms with van der Waals surface area (Å²) in [7, 11) is 0. The third-order valence-electron chi connectivity index (χ3n) is 6.71. The summed E-state index contributed by atoms with van der Waals surface area (Å²) >= 11 is 5.87.